The second kappa shape index (κ2) is 6.37. The summed E-state index contributed by atoms with van der Waals surface area (Å²) in [5.74, 6) is 2.25. The lowest BCUT2D eigenvalue weighted by atomic mass is 10.00. The summed E-state index contributed by atoms with van der Waals surface area (Å²) in [6, 6.07) is 6.29. The Kier molecular flexibility index (Phi) is 4.51. The molecule has 21 heavy (non-hydrogen) atoms. The maximum Gasteiger partial charge on any atom is 0.119 e. The number of aliphatic hydroxyl groups excluding tert-OH is 1. The molecule has 1 aromatic carbocycles. The van der Waals surface area contributed by atoms with E-state index in [1.165, 1.54) is 24.1 Å². The van der Waals surface area contributed by atoms with E-state index in [4.69, 9.17) is 4.74 Å². The highest BCUT2D eigenvalue weighted by atomic mass is 16.5. The van der Waals surface area contributed by atoms with E-state index in [-0.39, 0.29) is 6.10 Å². The first-order valence-electron chi connectivity index (χ1n) is 8.24. The van der Waals surface area contributed by atoms with Gasteiger partial charge in [0.1, 0.15) is 5.75 Å². The van der Waals surface area contributed by atoms with Crippen LogP contribution in [0.5, 0.6) is 5.75 Å². The van der Waals surface area contributed by atoms with E-state index in [9.17, 15) is 5.11 Å². The van der Waals surface area contributed by atoms with Crippen molar-refractivity contribution in [2.75, 3.05) is 26.2 Å². The van der Waals surface area contributed by atoms with Crippen LogP contribution in [-0.2, 0) is 0 Å². The summed E-state index contributed by atoms with van der Waals surface area (Å²) >= 11 is 0. The lowest BCUT2D eigenvalue weighted by Gasteiger charge is -2.18. The predicted octanol–water partition coefficient (Wildman–Crippen LogP) is 2.78. The molecule has 1 saturated heterocycles. The van der Waals surface area contributed by atoms with E-state index >= 15 is 0 Å². The fourth-order valence-corrected chi connectivity index (χ4v) is 3.79. The molecule has 0 amide bonds. The molecule has 0 spiro atoms. The summed E-state index contributed by atoms with van der Waals surface area (Å²) in [6.07, 6.45) is 3.23. The van der Waals surface area contributed by atoms with E-state index in [1.807, 2.05) is 0 Å². The quantitative estimate of drug-likeness (QED) is 0.846. The molecule has 3 rings (SSSR count). The van der Waals surface area contributed by atoms with Crippen LogP contribution in [0.2, 0.25) is 0 Å². The molecule has 3 heteroatoms. The summed E-state index contributed by atoms with van der Waals surface area (Å²) in [5.41, 5.74) is 2.60. The lowest BCUT2D eigenvalue weighted by molar-refractivity contribution is 0.123. The van der Waals surface area contributed by atoms with Gasteiger partial charge in [0.05, 0.1) is 12.7 Å². The van der Waals surface area contributed by atoms with E-state index in [0.29, 0.717) is 5.92 Å². The third kappa shape index (κ3) is 3.41. The molecule has 1 aliphatic carbocycles. The molecule has 2 fully saturated rings. The Bertz CT molecular complexity index is 488. The Morgan fingerprint density at radius 2 is 2.05 bits per heavy atom. The number of hydrogen-bond acceptors (Lipinski definition) is 3. The lowest BCUT2D eigenvalue weighted by Crippen LogP contribution is -2.26. The zero-order valence-corrected chi connectivity index (χ0v) is 13.2. The van der Waals surface area contributed by atoms with Crippen LogP contribution in [0.3, 0.4) is 0 Å². The van der Waals surface area contributed by atoms with Crippen molar-refractivity contribution in [1.82, 2.24) is 4.90 Å². The van der Waals surface area contributed by atoms with Gasteiger partial charge >= 0.3 is 0 Å². The van der Waals surface area contributed by atoms with Crippen molar-refractivity contribution in [2.24, 2.45) is 11.8 Å². The Hall–Kier alpha value is -1.06. The molecule has 3 unspecified atom stereocenters. The maximum absolute atomic E-state index is 9.93. The fourth-order valence-electron chi connectivity index (χ4n) is 3.79. The van der Waals surface area contributed by atoms with E-state index in [2.05, 4.69) is 36.9 Å². The number of ether oxygens (including phenoxy) is 1. The molecule has 116 valence electrons. The van der Waals surface area contributed by atoms with Crippen molar-refractivity contribution in [1.29, 1.82) is 0 Å². The molecule has 1 N–H and O–H groups in total. The molecule has 0 bridgehead atoms. The SMILES string of the molecule is Cc1ccc(OCCCN2CC3CCC(O)C3C2)cc1C. The van der Waals surface area contributed by atoms with Crippen LogP contribution in [0, 0.1) is 25.7 Å². The monoisotopic (exact) mass is 289 g/mol. The highest BCUT2D eigenvalue weighted by molar-refractivity contribution is 5.33. The third-order valence-corrected chi connectivity index (χ3v) is 5.26. The smallest absolute Gasteiger partial charge is 0.119 e. The minimum absolute atomic E-state index is 0.0493. The highest BCUT2D eigenvalue weighted by Crippen LogP contribution is 2.37. The van der Waals surface area contributed by atoms with Gasteiger partial charge in [-0.2, -0.15) is 0 Å². The second-order valence-electron chi connectivity index (χ2n) is 6.78. The number of aliphatic hydroxyl groups is 1. The first-order chi connectivity index (χ1) is 10.1. The molecular weight excluding hydrogens is 262 g/mol. The van der Waals surface area contributed by atoms with Crippen molar-refractivity contribution < 1.29 is 9.84 Å². The molecule has 1 saturated carbocycles. The number of nitrogens with zero attached hydrogens (tertiary/aromatic N) is 1. The molecule has 3 atom stereocenters. The van der Waals surface area contributed by atoms with Gasteiger partial charge in [0.25, 0.3) is 0 Å². The summed E-state index contributed by atoms with van der Waals surface area (Å²) in [5, 5.41) is 9.93. The number of fused-ring (bicyclic) bond motifs is 1. The Morgan fingerprint density at radius 3 is 2.81 bits per heavy atom. The van der Waals surface area contributed by atoms with Crippen molar-refractivity contribution in [3.8, 4) is 5.75 Å². The normalized spacial score (nSPS) is 28.8. The van der Waals surface area contributed by atoms with Crippen molar-refractivity contribution in [3.63, 3.8) is 0 Å². The standard InChI is InChI=1S/C18H27NO2/c1-13-4-6-16(10-14(13)2)21-9-3-8-19-11-15-5-7-18(20)17(15)12-19/h4,6,10,15,17-18,20H,3,5,7-9,11-12H2,1-2H3. The first-order valence-corrected chi connectivity index (χ1v) is 8.24. The molecule has 0 radical (unpaired) electrons. The van der Waals surface area contributed by atoms with Crippen molar-refractivity contribution in [3.05, 3.63) is 29.3 Å². The average Bonchev–Trinajstić information content (AvgIpc) is 3.01. The Labute approximate surface area is 127 Å². The first kappa shape index (κ1) is 14.9. The number of aryl methyl sites for hydroxylation is 2. The third-order valence-electron chi connectivity index (χ3n) is 5.26. The van der Waals surface area contributed by atoms with Gasteiger partial charge in [-0.15, -0.1) is 0 Å². The molecule has 0 aromatic heterocycles. The summed E-state index contributed by atoms with van der Waals surface area (Å²) in [4.78, 5) is 2.50. The van der Waals surface area contributed by atoms with Gasteiger partial charge in [0, 0.05) is 25.6 Å². The van der Waals surface area contributed by atoms with Gasteiger partial charge in [0.15, 0.2) is 0 Å². The Balaban J connectivity index is 1.38. The zero-order valence-electron chi connectivity index (χ0n) is 13.2. The second-order valence-corrected chi connectivity index (χ2v) is 6.78. The van der Waals surface area contributed by atoms with Crippen LogP contribution < -0.4 is 4.74 Å². The minimum atomic E-state index is -0.0493. The number of hydrogen-bond donors (Lipinski definition) is 1. The number of benzene rings is 1. The molecule has 1 aromatic rings. The van der Waals surface area contributed by atoms with Crippen LogP contribution in [0.25, 0.3) is 0 Å². The molecule has 1 heterocycles. The van der Waals surface area contributed by atoms with E-state index in [1.54, 1.807) is 0 Å². The summed E-state index contributed by atoms with van der Waals surface area (Å²) in [6.45, 7) is 8.36. The van der Waals surface area contributed by atoms with Crippen LogP contribution in [0.15, 0.2) is 18.2 Å². The molecule has 1 aliphatic heterocycles. The molecule has 2 aliphatic rings. The Morgan fingerprint density at radius 1 is 1.19 bits per heavy atom. The van der Waals surface area contributed by atoms with Crippen LogP contribution in [-0.4, -0.2) is 42.4 Å². The average molecular weight is 289 g/mol. The minimum Gasteiger partial charge on any atom is -0.494 e. The van der Waals surface area contributed by atoms with E-state index in [0.717, 1.165) is 44.2 Å². The van der Waals surface area contributed by atoms with Gasteiger partial charge in [-0.1, -0.05) is 6.07 Å². The van der Waals surface area contributed by atoms with Gasteiger partial charge in [-0.3, -0.25) is 0 Å². The zero-order chi connectivity index (χ0) is 14.8. The van der Waals surface area contributed by atoms with Gasteiger partial charge in [0.2, 0.25) is 0 Å². The summed E-state index contributed by atoms with van der Waals surface area (Å²) in [7, 11) is 0. The number of likely N-dealkylation sites (tertiary alicyclic amines) is 1. The van der Waals surface area contributed by atoms with Crippen molar-refractivity contribution >= 4 is 0 Å². The van der Waals surface area contributed by atoms with Gasteiger partial charge in [-0.25, -0.2) is 0 Å². The number of rotatable bonds is 5. The van der Waals surface area contributed by atoms with Crippen LogP contribution in [0.1, 0.15) is 30.4 Å². The largest absolute Gasteiger partial charge is 0.494 e. The van der Waals surface area contributed by atoms with Crippen molar-refractivity contribution in [2.45, 2.75) is 39.2 Å². The van der Waals surface area contributed by atoms with Crippen LogP contribution in [0.4, 0.5) is 0 Å². The van der Waals surface area contributed by atoms with E-state index < -0.39 is 0 Å². The predicted molar refractivity (Wildman–Crippen MR) is 84.7 cm³/mol. The highest BCUT2D eigenvalue weighted by Gasteiger charge is 2.41. The van der Waals surface area contributed by atoms with Gasteiger partial charge in [-0.05, 0) is 62.3 Å². The topological polar surface area (TPSA) is 32.7 Å². The molecular formula is C18H27NO2. The summed E-state index contributed by atoms with van der Waals surface area (Å²) < 4.78 is 5.84. The molecule has 3 nitrogen and oxygen atoms in total. The fraction of sp³-hybridized carbons (Fsp3) is 0.667. The van der Waals surface area contributed by atoms with Crippen LogP contribution >= 0.6 is 0 Å². The van der Waals surface area contributed by atoms with Gasteiger partial charge < -0.3 is 14.7 Å². The maximum atomic E-state index is 9.93.